The summed E-state index contributed by atoms with van der Waals surface area (Å²) in [5.41, 5.74) is 2.37. The van der Waals surface area contributed by atoms with Crippen LogP contribution in [0.5, 0.6) is 5.75 Å². The van der Waals surface area contributed by atoms with Gasteiger partial charge in [0.2, 0.25) is 0 Å². The van der Waals surface area contributed by atoms with E-state index < -0.39 is 0 Å². The van der Waals surface area contributed by atoms with Gasteiger partial charge in [0.05, 0.1) is 12.8 Å². The van der Waals surface area contributed by atoms with E-state index in [1.165, 1.54) is 7.11 Å². The van der Waals surface area contributed by atoms with Crippen LogP contribution in [0.15, 0.2) is 0 Å². The molecule has 2 rings (SSSR count). The highest BCUT2D eigenvalue weighted by Crippen LogP contribution is 2.31. The minimum atomic E-state index is -0.339. The lowest BCUT2D eigenvalue weighted by Gasteiger charge is -2.28. The fourth-order valence-corrected chi connectivity index (χ4v) is 1.92. The molecule has 0 bridgehead atoms. The number of hydrogen-bond donors (Lipinski definition) is 1. The fourth-order valence-electron chi connectivity index (χ4n) is 1.92. The summed E-state index contributed by atoms with van der Waals surface area (Å²) in [6.07, 6.45) is 0.152. The average molecular weight is 238 g/mol. The van der Waals surface area contributed by atoms with Crippen molar-refractivity contribution in [3.63, 3.8) is 0 Å². The standard InChI is InChI=1S/C12H18N2O3/c1-7-10(12(15)16-4)11(8(2)14(7)3)17-9-5-13-6-9/h9,13H,5-6H2,1-4H3. The van der Waals surface area contributed by atoms with Gasteiger partial charge in [-0.25, -0.2) is 4.79 Å². The van der Waals surface area contributed by atoms with Crippen molar-refractivity contribution in [1.82, 2.24) is 9.88 Å². The fraction of sp³-hybridized carbons (Fsp3) is 0.583. The highest BCUT2D eigenvalue weighted by Gasteiger charge is 2.27. The Kier molecular flexibility index (Phi) is 3.11. The monoisotopic (exact) mass is 238 g/mol. The quantitative estimate of drug-likeness (QED) is 0.791. The van der Waals surface area contributed by atoms with Gasteiger partial charge in [0.25, 0.3) is 0 Å². The van der Waals surface area contributed by atoms with Crippen LogP contribution < -0.4 is 10.1 Å². The summed E-state index contributed by atoms with van der Waals surface area (Å²) in [5.74, 6) is 0.317. The average Bonchev–Trinajstić information content (AvgIpc) is 2.47. The number of hydrogen-bond acceptors (Lipinski definition) is 4. The van der Waals surface area contributed by atoms with Crippen LogP contribution in [0.4, 0.5) is 0 Å². The maximum Gasteiger partial charge on any atom is 0.343 e. The van der Waals surface area contributed by atoms with Gasteiger partial charge in [-0.1, -0.05) is 0 Å². The first-order valence-electron chi connectivity index (χ1n) is 5.67. The third kappa shape index (κ3) is 1.91. The molecule has 0 spiro atoms. The topological polar surface area (TPSA) is 52.5 Å². The molecular formula is C12H18N2O3. The number of carbonyl (C=O) groups is 1. The lowest BCUT2D eigenvalue weighted by Crippen LogP contribution is -2.50. The van der Waals surface area contributed by atoms with Gasteiger partial charge in [0.1, 0.15) is 11.7 Å². The Bertz CT molecular complexity index is 447. The molecule has 0 atom stereocenters. The van der Waals surface area contributed by atoms with Crippen molar-refractivity contribution < 1.29 is 14.3 Å². The Morgan fingerprint density at radius 2 is 2.00 bits per heavy atom. The van der Waals surface area contributed by atoms with Crippen molar-refractivity contribution in [3.8, 4) is 5.75 Å². The van der Waals surface area contributed by atoms with E-state index in [2.05, 4.69) is 5.32 Å². The molecule has 2 heterocycles. The Morgan fingerprint density at radius 1 is 1.35 bits per heavy atom. The molecule has 17 heavy (non-hydrogen) atoms. The molecule has 1 aliphatic heterocycles. The zero-order valence-corrected chi connectivity index (χ0v) is 10.7. The van der Waals surface area contributed by atoms with Crippen molar-refractivity contribution in [2.24, 2.45) is 7.05 Å². The van der Waals surface area contributed by atoms with Crippen molar-refractivity contribution in [2.45, 2.75) is 20.0 Å². The predicted octanol–water partition coefficient (Wildman–Crippen LogP) is 0.779. The Morgan fingerprint density at radius 3 is 2.47 bits per heavy atom. The van der Waals surface area contributed by atoms with Crippen LogP contribution in [0.25, 0.3) is 0 Å². The predicted molar refractivity (Wildman–Crippen MR) is 63.5 cm³/mol. The largest absolute Gasteiger partial charge is 0.485 e. The van der Waals surface area contributed by atoms with Crippen LogP contribution >= 0.6 is 0 Å². The first-order valence-corrected chi connectivity index (χ1v) is 5.67. The summed E-state index contributed by atoms with van der Waals surface area (Å²) in [6, 6.07) is 0. The van der Waals surface area contributed by atoms with Gasteiger partial charge in [-0.2, -0.15) is 0 Å². The second-order valence-corrected chi connectivity index (χ2v) is 4.32. The minimum absolute atomic E-state index is 0.152. The molecule has 1 aliphatic rings. The zero-order valence-electron chi connectivity index (χ0n) is 10.7. The van der Waals surface area contributed by atoms with Crippen LogP contribution in [0.3, 0.4) is 0 Å². The van der Waals surface area contributed by atoms with E-state index in [-0.39, 0.29) is 12.1 Å². The molecule has 5 nitrogen and oxygen atoms in total. The molecule has 0 aliphatic carbocycles. The third-order valence-electron chi connectivity index (χ3n) is 3.34. The number of aromatic nitrogens is 1. The zero-order chi connectivity index (χ0) is 12.6. The summed E-state index contributed by atoms with van der Waals surface area (Å²) >= 11 is 0. The van der Waals surface area contributed by atoms with Crippen LogP contribution in [0.1, 0.15) is 21.7 Å². The first-order chi connectivity index (χ1) is 8.06. The molecule has 94 valence electrons. The SMILES string of the molecule is COC(=O)c1c(OC2CNC2)c(C)n(C)c1C. The van der Waals surface area contributed by atoms with Gasteiger partial charge in [-0.3, -0.25) is 0 Å². The number of nitrogens with zero attached hydrogens (tertiary/aromatic N) is 1. The molecule has 1 fully saturated rings. The lowest BCUT2D eigenvalue weighted by molar-refractivity contribution is 0.0588. The van der Waals surface area contributed by atoms with Crippen molar-refractivity contribution >= 4 is 5.97 Å². The second-order valence-electron chi connectivity index (χ2n) is 4.32. The molecule has 1 saturated heterocycles. The Labute approximate surface area is 101 Å². The molecule has 1 aromatic rings. The Balaban J connectivity index is 2.39. The van der Waals surface area contributed by atoms with E-state index in [1.807, 2.05) is 25.5 Å². The molecule has 0 amide bonds. The Hall–Kier alpha value is -1.49. The van der Waals surface area contributed by atoms with Gasteiger partial charge in [0, 0.05) is 25.8 Å². The van der Waals surface area contributed by atoms with Crippen LogP contribution in [-0.2, 0) is 11.8 Å². The minimum Gasteiger partial charge on any atom is -0.485 e. The molecule has 5 heteroatoms. The molecule has 1 N–H and O–H groups in total. The molecule has 0 saturated carbocycles. The summed E-state index contributed by atoms with van der Waals surface area (Å²) < 4.78 is 12.6. The number of nitrogens with one attached hydrogen (secondary N) is 1. The highest BCUT2D eigenvalue weighted by atomic mass is 16.5. The van der Waals surface area contributed by atoms with Crippen molar-refractivity contribution in [3.05, 3.63) is 17.0 Å². The maximum absolute atomic E-state index is 11.8. The van der Waals surface area contributed by atoms with E-state index in [0.29, 0.717) is 11.3 Å². The van der Waals surface area contributed by atoms with E-state index in [0.717, 1.165) is 24.5 Å². The molecule has 0 aromatic carbocycles. The van der Waals surface area contributed by atoms with Crippen LogP contribution in [0, 0.1) is 13.8 Å². The van der Waals surface area contributed by atoms with E-state index in [4.69, 9.17) is 9.47 Å². The number of methoxy groups -OCH3 is 1. The van der Waals surface area contributed by atoms with E-state index in [9.17, 15) is 4.79 Å². The highest BCUT2D eigenvalue weighted by molar-refractivity contribution is 5.94. The summed E-state index contributed by atoms with van der Waals surface area (Å²) in [6.45, 7) is 5.49. The van der Waals surface area contributed by atoms with Gasteiger partial charge in [0.15, 0.2) is 5.75 Å². The second kappa shape index (κ2) is 4.41. The van der Waals surface area contributed by atoms with Gasteiger partial charge < -0.3 is 19.4 Å². The summed E-state index contributed by atoms with van der Waals surface area (Å²) in [5, 5.41) is 3.14. The maximum atomic E-state index is 11.8. The van der Waals surface area contributed by atoms with E-state index in [1.54, 1.807) is 0 Å². The number of carbonyl (C=O) groups excluding carboxylic acids is 1. The van der Waals surface area contributed by atoms with Crippen LogP contribution in [0.2, 0.25) is 0 Å². The van der Waals surface area contributed by atoms with Gasteiger partial charge in [-0.15, -0.1) is 0 Å². The number of esters is 1. The van der Waals surface area contributed by atoms with Gasteiger partial charge in [-0.05, 0) is 13.8 Å². The summed E-state index contributed by atoms with van der Waals surface area (Å²) in [7, 11) is 3.31. The smallest absolute Gasteiger partial charge is 0.343 e. The molecule has 1 aromatic heterocycles. The van der Waals surface area contributed by atoms with Crippen molar-refractivity contribution in [1.29, 1.82) is 0 Å². The van der Waals surface area contributed by atoms with E-state index >= 15 is 0 Å². The lowest BCUT2D eigenvalue weighted by atomic mass is 10.2. The van der Waals surface area contributed by atoms with Crippen LogP contribution in [-0.4, -0.2) is 36.8 Å². The third-order valence-corrected chi connectivity index (χ3v) is 3.34. The normalized spacial score (nSPS) is 15.5. The molecular weight excluding hydrogens is 220 g/mol. The number of ether oxygens (including phenoxy) is 2. The molecule has 0 unspecified atom stereocenters. The summed E-state index contributed by atoms with van der Waals surface area (Å²) in [4.78, 5) is 11.8. The molecule has 0 radical (unpaired) electrons. The first kappa shape index (κ1) is 12.0. The van der Waals surface area contributed by atoms with Gasteiger partial charge >= 0.3 is 5.97 Å². The van der Waals surface area contributed by atoms with Crippen molar-refractivity contribution in [2.75, 3.05) is 20.2 Å². The number of rotatable bonds is 3.